The van der Waals surface area contributed by atoms with E-state index < -0.39 is 0 Å². The third-order valence-electron chi connectivity index (χ3n) is 1.91. The van der Waals surface area contributed by atoms with Gasteiger partial charge in [-0.3, -0.25) is 9.69 Å². The lowest BCUT2D eigenvalue weighted by atomic mass is 10.2. The van der Waals surface area contributed by atoms with E-state index >= 15 is 0 Å². The Kier molecular flexibility index (Phi) is 5.90. The average molecular weight is 183 g/mol. The number of carbonyl (C=O) groups excluding carboxylic acids is 1. The van der Waals surface area contributed by atoms with Crippen LogP contribution in [-0.2, 0) is 4.79 Å². The average Bonchev–Trinajstić information content (AvgIpc) is 2.13. The molecule has 0 saturated heterocycles. The second kappa shape index (κ2) is 6.44. The Labute approximate surface area is 79.5 Å². The van der Waals surface area contributed by atoms with Gasteiger partial charge < -0.3 is 5.32 Å². The highest BCUT2D eigenvalue weighted by Gasteiger charge is 2.16. The van der Waals surface area contributed by atoms with Crippen LogP contribution in [0.15, 0.2) is 0 Å². The Balaban J connectivity index is 3.88. The first kappa shape index (κ1) is 11.9. The number of nitrogens with zero attached hydrogens (tertiary/aromatic N) is 2. The highest BCUT2D eigenvalue weighted by atomic mass is 16.2. The Morgan fingerprint density at radius 2 is 2.31 bits per heavy atom. The zero-order chi connectivity index (χ0) is 10.3. The van der Waals surface area contributed by atoms with Gasteiger partial charge in [-0.1, -0.05) is 6.92 Å². The smallest absolute Gasteiger partial charge is 0.237 e. The van der Waals surface area contributed by atoms with E-state index in [4.69, 9.17) is 5.26 Å². The van der Waals surface area contributed by atoms with E-state index in [-0.39, 0.29) is 18.5 Å². The molecule has 0 aliphatic carbocycles. The monoisotopic (exact) mass is 183 g/mol. The molecule has 0 fully saturated rings. The standard InChI is InChI=1S/C9H17N3O/c1-4-6-11-9(13)8(2)12(3)7-5-10/h8H,4,6-7H2,1-3H3,(H,11,13). The van der Waals surface area contributed by atoms with E-state index in [1.165, 1.54) is 0 Å². The fourth-order valence-corrected chi connectivity index (χ4v) is 0.845. The van der Waals surface area contributed by atoms with Gasteiger partial charge in [-0.15, -0.1) is 0 Å². The first-order valence-corrected chi connectivity index (χ1v) is 4.48. The summed E-state index contributed by atoms with van der Waals surface area (Å²) in [6.45, 7) is 4.77. The van der Waals surface area contributed by atoms with Gasteiger partial charge in [0.2, 0.25) is 5.91 Å². The van der Waals surface area contributed by atoms with E-state index in [9.17, 15) is 4.79 Å². The first-order chi connectivity index (χ1) is 6.13. The largest absolute Gasteiger partial charge is 0.355 e. The van der Waals surface area contributed by atoms with Crippen molar-refractivity contribution in [2.24, 2.45) is 0 Å². The number of likely N-dealkylation sites (N-methyl/N-ethyl adjacent to an activating group) is 1. The zero-order valence-electron chi connectivity index (χ0n) is 8.50. The van der Waals surface area contributed by atoms with Crippen molar-refractivity contribution in [2.45, 2.75) is 26.3 Å². The van der Waals surface area contributed by atoms with Gasteiger partial charge in [0.15, 0.2) is 0 Å². The second-order valence-corrected chi connectivity index (χ2v) is 3.04. The van der Waals surface area contributed by atoms with Crippen molar-refractivity contribution in [2.75, 3.05) is 20.1 Å². The molecule has 4 heteroatoms. The summed E-state index contributed by atoms with van der Waals surface area (Å²) in [6.07, 6.45) is 0.931. The molecule has 0 aliphatic heterocycles. The van der Waals surface area contributed by atoms with E-state index in [1.54, 1.807) is 18.9 Å². The van der Waals surface area contributed by atoms with E-state index in [0.717, 1.165) is 6.42 Å². The van der Waals surface area contributed by atoms with Crippen LogP contribution in [0.25, 0.3) is 0 Å². The van der Waals surface area contributed by atoms with Crippen LogP contribution >= 0.6 is 0 Å². The molecule has 1 unspecified atom stereocenters. The van der Waals surface area contributed by atoms with Gasteiger partial charge in [-0.05, 0) is 20.4 Å². The maximum absolute atomic E-state index is 11.4. The van der Waals surface area contributed by atoms with Crippen molar-refractivity contribution in [1.82, 2.24) is 10.2 Å². The lowest BCUT2D eigenvalue weighted by Gasteiger charge is -2.20. The summed E-state index contributed by atoms with van der Waals surface area (Å²) in [6, 6.07) is 1.77. The molecule has 1 N–H and O–H groups in total. The predicted octanol–water partition coefficient (Wildman–Crippen LogP) is 0.356. The molecule has 74 valence electrons. The lowest BCUT2D eigenvalue weighted by molar-refractivity contribution is -0.125. The lowest BCUT2D eigenvalue weighted by Crippen LogP contribution is -2.43. The summed E-state index contributed by atoms with van der Waals surface area (Å²) in [4.78, 5) is 13.1. The molecule has 13 heavy (non-hydrogen) atoms. The van der Waals surface area contributed by atoms with Crippen LogP contribution in [0.1, 0.15) is 20.3 Å². The fourth-order valence-electron chi connectivity index (χ4n) is 0.845. The minimum atomic E-state index is -0.230. The van der Waals surface area contributed by atoms with Gasteiger partial charge in [0.1, 0.15) is 0 Å². The maximum atomic E-state index is 11.4. The highest BCUT2D eigenvalue weighted by molar-refractivity contribution is 5.81. The van der Waals surface area contributed by atoms with Gasteiger partial charge in [-0.2, -0.15) is 5.26 Å². The molecule has 0 rings (SSSR count). The van der Waals surface area contributed by atoms with Crippen LogP contribution in [0, 0.1) is 11.3 Å². The minimum Gasteiger partial charge on any atom is -0.355 e. The predicted molar refractivity (Wildman–Crippen MR) is 51.0 cm³/mol. The van der Waals surface area contributed by atoms with Crippen LogP contribution in [0.2, 0.25) is 0 Å². The number of hydrogen-bond donors (Lipinski definition) is 1. The Morgan fingerprint density at radius 1 is 1.69 bits per heavy atom. The zero-order valence-corrected chi connectivity index (χ0v) is 8.50. The molecule has 0 spiro atoms. The number of nitrogens with one attached hydrogen (secondary N) is 1. The molecule has 4 nitrogen and oxygen atoms in total. The Hall–Kier alpha value is -1.08. The third kappa shape index (κ3) is 4.48. The number of nitriles is 1. The van der Waals surface area contributed by atoms with Crippen molar-refractivity contribution in [3.05, 3.63) is 0 Å². The quantitative estimate of drug-likeness (QED) is 0.626. The van der Waals surface area contributed by atoms with Crippen LogP contribution in [0.5, 0.6) is 0 Å². The molecule has 0 aromatic heterocycles. The molecular formula is C9H17N3O. The van der Waals surface area contributed by atoms with Crippen LogP contribution in [-0.4, -0.2) is 37.0 Å². The molecule has 0 aromatic rings. The van der Waals surface area contributed by atoms with Crippen molar-refractivity contribution < 1.29 is 4.79 Å². The Bertz CT molecular complexity index is 198. The summed E-state index contributed by atoms with van der Waals surface area (Å²) in [5, 5.41) is 11.2. The molecule has 1 atom stereocenters. The number of amides is 1. The normalized spacial score (nSPS) is 12.2. The summed E-state index contributed by atoms with van der Waals surface area (Å²) in [5.41, 5.74) is 0. The second-order valence-electron chi connectivity index (χ2n) is 3.04. The number of rotatable bonds is 5. The molecule has 1 amide bonds. The van der Waals surface area contributed by atoms with Crippen LogP contribution < -0.4 is 5.32 Å². The summed E-state index contributed by atoms with van der Waals surface area (Å²) < 4.78 is 0. The summed E-state index contributed by atoms with van der Waals surface area (Å²) in [7, 11) is 1.76. The van der Waals surface area contributed by atoms with Crippen molar-refractivity contribution in [3.8, 4) is 6.07 Å². The molecule has 0 bridgehead atoms. The molecule has 0 aliphatic rings. The Morgan fingerprint density at radius 3 is 2.77 bits per heavy atom. The van der Waals surface area contributed by atoms with Gasteiger partial charge in [0, 0.05) is 6.54 Å². The van der Waals surface area contributed by atoms with Crippen molar-refractivity contribution in [1.29, 1.82) is 5.26 Å². The van der Waals surface area contributed by atoms with Gasteiger partial charge >= 0.3 is 0 Å². The van der Waals surface area contributed by atoms with Crippen molar-refractivity contribution in [3.63, 3.8) is 0 Å². The topological polar surface area (TPSA) is 56.1 Å². The third-order valence-corrected chi connectivity index (χ3v) is 1.91. The highest BCUT2D eigenvalue weighted by Crippen LogP contribution is 1.94. The van der Waals surface area contributed by atoms with Crippen molar-refractivity contribution >= 4 is 5.91 Å². The van der Waals surface area contributed by atoms with Crippen LogP contribution in [0.4, 0.5) is 0 Å². The molecule has 0 aromatic carbocycles. The molecule has 0 radical (unpaired) electrons. The minimum absolute atomic E-state index is 0.0143. The van der Waals surface area contributed by atoms with Crippen LogP contribution in [0.3, 0.4) is 0 Å². The summed E-state index contributed by atoms with van der Waals surface area (Å²) >= 11 is 0. The fraction of sp³-hybridized carbons (Fsp3) is 0.778. The number of hydrogen-bond acceptors (Lipinski definition) is 3. The van der Waals surface area contributed by atoms with Gasteiger partial charge in [0.05, 0.1) is 18.7 Å². The SMILES string of the molecule is CCCNC(=O)C(C)N(C)CC#N. The van der Waals surface area contributed by atoms with E-state index in [1.807, 2.05) is 13.0 Å². The van der Waals surface area contributed by atoms with Gasteiger partial charge in [-0.25, -0.2) is 0 Å². The van der Waals surface area contributed by atoms with E-state index in [0.29, 0.717) is 6.54 Å². The molecular weight excluding hydrogens is 166 g/mol. The van der Waals surface area contributed by atoms with Gasteiger partial charge in [0.25, 0.3) is 0 Å². The first-order valence-electron chi connectivity index (χ1n) is 4.48. The number of carbonyl (C=O) groups is 1. The van der Waals surface area contributed by atoms with E-state index in [2.05, 4.69) is 5.32 Å². The molecule has 0 saturated carbocycles. The molecule has 0 heterocycles. The maximum Gasteiger partial charge on any atom is 0.237 e. The summed E-state index contributed by atoms with van der Waals surface area (Å²) in [5.74, 6) is -0.0143.